The molecule has 2 aromatic carbocycles. The van der Waals surface area contributed by atoms with Crippen LogP contribution in [0.2, 0.25) is 0 Å². The number of anilines is 1. The monoisotopic (exact) mass is 412 g/mol. The molecule has 2 rings (SSSR count). The van der Waals surface area contributed by atoms with Gasteiger partial charge in [0.05, 0.1) is 7.11 Å². The van der Waals surface area contributed by atoms with E-state index in [2.05, 4.69) is 15.4 Å². The summed E-state index contributed by atoms with van der Waals surface area (Å²) in [6, 6.07) is 13.3. The molecule has 2 amide bonds. The van der Waals surface area contributed by atoms with Crippen molar-refractivity contribution in [2.24, 2.45) is 5.92 Å². The Morgan fingerprint density at radius 3 is 2.33 bits per heavy atom. The number of amides is 2. The SMILES string of the molecule is COC(=O)COc1ccc(NC(=O)C(NC(=O)CC(C)C)c2ccccc2)c(C)c1. The van der Waals surface area contributed by atoms with Gasteiger partial charge in [-0.25, -0.2) is 4.79 Å². The molecule has 1 atom stereocenters. The van der Waals surface area contributed by atoms with Crippen LogP contribution in [0, 0.1) is 12.8 Å². The molecule has 0 aliphatic heterocycles. The molecular weight excluding hydrogens is 384 g/mol. The highest BCUT2D eigenvalue weighted by atomic mass is 16.6. The Balaban J connectivity index is 2.14. The van der Waals surface area contributed by atoms with E-state index in [1.807, 2.05) is 39.0 Å². The van der Waals surface area contributed by atoms with E-state index in [0.29, 0.717) is 23.4 Å². The van der Waals surface area contributed by atoms with Crippen LogP contribution in [0.1, 0.15) is 37.4 Å². The van der Waals surface area contributed by atoms with E-state index in [1.165, 1.54) is 7.11 Å². The lowest BCUT2D eigenvalue weighted by Crippen LogP contribution is -2.37. The standard InChI is InChI=1S/C23H28N2O5/c1-15(2)12-20(26)25-22(17-8-6-5-7-9-17)23(28)24-19-11-10-18(13-16(19)3)30-14-21(27)29-4/h5-11,13,15,22H,12,14H2,1-4H3,(H,24,28)(H,25,26). The number of hydrogen-bond acceptors (Lipinski definition) is 5. The van der Waals surface area contributed by atoms with Crippen LogP contribution in [0.15, 0.2) is 48.5 Å². The second-order valence-electron chi connectivity index (χ2n) is 7.34. The average Bonchev–Trinajstić information content (AvgIpc) is 2.72. The molecule has 1 unspecified atom stereocenters. The molecule has 0 saturated carbocycles. The molecule has 0 saturated heterocycles. The van der Waals surface area contributed by atoms with E-state index in [0.717, 1.165) is 5.56 Å². The predicted molar refractivity (Wildman–Crippen MR) is 114 cm³/mol. The van der Waals surface area contributed by atoms with Crippen LogP contribution < -0.4 is 15.4 Å². The lowest BCUT2D eigenvalue weighted by Gasteiger charge is -2.20. The Bertz CT molecular complexity index is 880. The fraction of sp³-hybridized carbons (Fsp3) is 0.348. The van der Waals surface area contributed by atoms with Gasteiger partial charge in [0.2, 0.25) is 5.91 Å². The first-order valence-electron chi connectivity index (χ1n) is 9.75. The predicted octanol–water partition coefficient (Wildman–Crippen LogP) is 3.39. The van der Waals surface area contributed by atoms with Crippen molar-refractivity contribution in [2.45, 2.75) is 33.2 Å². The smallest absolute Gasteiger partial charge is 0.343 e. The van der Waals surface area contributed by atoms with E-state index < -0.39 is 12.0 Å². The van der Waals surface area contributed by atoms with Gasteiger partial charge in [-0.05, 0) is 42.2 Å². The first kappa shape index (κ1) is 22.9. The summed E-state index contributed by atoms with van der Waals surface area (Å²) in [5.41, 5.74) is 2.04. The van der Waals surface area contributed by atoms with Crippen molar-refractivity contribution in [1.82, 2.24) is 5.32 Å². The Morgan fingerprint density at radius 1 is 1.03 bits per heavy atom. The van der Waals surface area contributed by atoms with Crippen molar-refractivity contribution < 1.29 is 23.9 Å². The number of ether oxygens (including phenoxy) is 2. The molecule has 2 aromatic rings. The zero-order valence-corrected chi connectivity index (χ0v) is 17.7. The third-order valence-electron chi connectivity index (χ3n) is 4.33. The van der Waals surface area contributed by atoms with E-state index in [9.17, 15) is 14.4 Å². The van der Waals surface area contributed by atoms with Crippen molar-refractivity contribution >= 4 is 23.5 Å². The summed E-state index contributed by atoms with van der Waals surface area (Å²) in [4.78, 5) is 36.5. The minimum atomic E-state index is -0.813. The molecule has 0 fully saturated rings. The molecule has 7 nitrogen and oxygen atoms in total. The van der Waals surface area contributed by atoms with E-state index >= 15 is 0 Å². The fourth-order valence-corrected chi connectivity index (χ4v) is 2.81. The number of nitrogens with one attached hydrogen (secondary N) is 2. The molecule has 2 N–H and O–H groups in total. The molecule has 0 heterocycles. The molecule has 0 bridgehead atoms. The molecule has 30 heavy (non-hydrogen) atoms. The maximum atomic E-state index is 13.0. The number of hydrogen-bond donors (Lipinski definition) is 2. The number of aryl methyl sites for hydroxylation is 1. The highest BCUT2D eigenvalue weighted by Crippen LogP contribution is 2.23. The Morgan fingerprint density at radius 2 is 1.73 bits per heavy atom. The van der Waals surface area contributed by atoms with Gasteiger partial charge >= 0.3 is 5.97 Å². The quantitative estimate of drug-likeness (QED) is 0.616. The summed E-state index contributed by atoms with van der Waals surface area (Å²) in [6.45, 7) is 5.52. The first-order valence-corrected chi connectivity index (χ1v) is 9.75. The highest BCUT2D eigenvalue weighted by molar-refractivity contribution is 5.98. The highest BCUT2D eigenvalue weighted by Gasteiger charge is 2.23. The molecule has 0 aromatic heterocycles. The number of esters is 1. The molecule has 0 aliphatic carbocycles. The van der Waals surface area contributed by atoms with Crippen molar-refractivity contribution in [2.75, 3.05) is 19.0 Å². The van der Waals surface area contributed by atoms with Gasteiger partial charge < -0.3 is 20.1 Å². The van der Waals surface area contributed by atoms with E-state index in [1.54, 1.807) is 30.3 Å². The minimum Gasteiger partial charge on any atom is -0.482 e. The second-order valence-corrected chi connectivity index (χ2v) is 7.34. The number of benzene rings is 2. The minimum absolute atomic E-state index is 0.183. The van der Waals surface area contributed by atoms with Gasteiger partial charge in [0.25, 0.3) is 5.91 Å². The van der Waals surface area contributed by atoms with Crippen LogP contribution >= 0.6 is 0 Å². The number of carbonyl (C=O) groups excluding carboxylic acids is 3. The summed E-state index contributed by atoms with van der Waals surface area (Å²) in [5, 5.41) is 5.70. The van der Waals surface area contributed by atoms with Gasteiger partial charge in [0.1, 0.15) is 11.8 Å². The van der Waals surface area contributed by atoms with Crippen LogP contribution in [0.5, 0.6) is 5.75 Å². The lowest BCUT2D eigenvalue weighted by molar-refractivity contribution is -0.142. The number of rotatable bonds is 9. The van der Waals surface area contributed by atoms with E-state index in [4.69, 9.17) is 4.74 Å². The lowest BCUT2D eigenvalue weighted by atomic mass is 10.0. The first-order chi connectivity index (χ1) is 14.3. The third kappa shape index (κ3) is 6.92. The summed E-state index contributed by atoms with van der Waals surface area (Å²) in [6.07, 6.45) is 0.335. The summed E-state index contributed by atoms with van der Waals surface area (Å²) in [7, 11) is 1.29. The van der Waals surface area contributed by atoms with Gasteiger partial charge in [-0.2, -0.15) is 0 Å². The van der Waals surface area contributed by atoms with E-state index in [-0.39, 0.29) is 24.3 Å². The van der Waals surface area contributed by atoms with Gasteiger partial charge in [0.15, 0.2) is 6.61 Å². The molecular formula is C23H28N2O5. The maximum Gasteiger partial charge on any atom is 0.343 e. The second kappa shape index (κ2) is 11.0. The van der Waals surface area contributed by atoms with Crippen LogP contribution in [0.3, 0.4) is 0 Å². The Hall–Kier alpha value is -3.35. The van der Waals surface area contributed by atoms with Crippen molar-refractivity contribution in [3.63, 3.8) is 0 Å². The van der Waals surface area contributed by atoms with Gasteiger partial charge in [-0.15, -0.1) is 0 Å². The zero-order valence-electron chi connectivity index (χ0n) is 17.7. The summed E-state index contributed by atoms with van der Waals surface area (Å²) >= 11 is 0. The van der Waals surface area contributed by atoms with Crippen LogP contribution in [-0.2, 0) is 19.1 Å². The molecule has 7 heteroatoms. The fourth-order valence-electron chi connectivity index (χ4n) is 2.81. The topological polar surface area (TPSA) is 93.7 Å². The molecule has 0 aliphatic rings. The number of carbonyl (C=O) groups is 3. The van der Waals surface area contributed by atoms with Crippen molar-refractivity contribution in [1.29, 1.82) is 0 Å². The van der Waals surface area contributed by atoms with Crippen molar-refractivity contribution in [3.05, 3.63) is 59.7 Å². The molecule has 0 radical (unpaired) electrons. The largest absolute Gasteiger partial charge is 0.482 e. The maximum absolute atomic E-state index is 13.0. The van der Waals surface area contributed by atoms with Gasteiger partial charge in [-0.3, -0.25) is 9.59 Å². The Labute approximate surface area is 176 Å². The Kier molecular flexibility index (Phi) is 8.41. The van der Waals surface area contributed by atoms with Crippen LogP contribution in [0.4, 0.5) is 5.69 Å². The van der Waals surface area contributed by atoms with Gasteiger partial charge in [-0.1, -0.05) is 44.2 Å². The van der Waals surface area contributed by atoms with Crippen LogP contribution in [-0.4, -0.2) is 31.5 Å². The zero-order chi connectivity index (χ0) is 22.1. The van der Waals surface area contributed by atoms with Gasteiger partial charge in [0, 0.05) is 12.1 Å². The van der Waals surface area contributed by atoms with Crippen LogP contribution in [0.25, 0.3) is 0 Å². The summed E-state index contributed by atoms with van der Waals surface area (Å²) < 4.78 is 9.91. The molecule has 0 spiro atoms. The average molecular weight is 412 g/mol. The number of methoxy groups -OCH3 is 1. The normalized spacial score (nSPS) is 11.5. The summed E-state index contributed by atoms with van der Waals surface area (Å²) in [5.74, 6) is -0.334. The van der Waals surface area contributed by atoms with Crippen molar-refractivity contribution in [3.8, 4) is 5.75 Å². The molecule has 160 valence electrons. The third-order valence-corrected chi connectivity index (χ3v) is 4.33.